The van der Waals surface area contributed by atoms with Gasteiger partial charge in [-0.2, -0.15) is 5.26 Å². The van der Waals surface area contributed by atoms with Gasteiger partial charge in [-0.1, -0.05) is 6.42 Å². The van der Waals surface area contributed by atoms with Crippen molar-refractivity contribution in [2.75, 3.05) is 0 Å². The molecule has 1 aromatic rings. The highest BCUT2D eigenvalue weighted by atomic mass is 79.9. The summed E-state index contributed by atoms with van der Waals surface area (Å²) in [5, 5.41) is 10.6. The van der Waals surface area contributed by atoms with Crippen molar-refractivity contribution in [1.29, 1.82) is 5.26 Å². The van der Waals surface area contributed by atoms with Crippen molar-refractivity contribution >= 4 is 37.3 Å². The van der Waals surface area contributed by atoms with Crippen LogP contribution in [-0.2, 0) is 10.0 Å². The Hall–Kier alpha value is -0.420. The van der Waals surface area contributed by atoms with Gasteiger partial charge in [0, 0.05) is 10.5 Å². The molecule has 1 aliphatic rings. The van der Waals surface area contributed by atoms with Crippen molar-refractivity contribution in [3.05, 3.63) is 15.9 Å². The van der Waals surface area contributed by atoms with Gasteiger partial charge in [0.25, 0.3) is 10.0 Å². The molecule has 0 saturated heterocycles. The number of nitriles is 1. The fourth-order valence-corrected chi connectivity index (χ4v) is 5.65. The average Bonchev–Trinajstić information content (AvgIpc) is 2.86. The van der Waals surface area contributed by atoms with Gasteiger partial charge in [-0.25, -0.2) is 13.1 Å². The highest BCUT2D eigenvalue weighted by Gasteiger charge is 2.32. The van der Waals surface area contributed by atoms with Crippen LogP contribution in [-0.4, -0.2) is 14.5 Å². The molecule has 17 heavy (non-hydrogen) atoms. The van der Waals surface area contributed by atoms with E-state index in [0.29, 0.717) is 4.47 Å². The van der Waals surface area contributed by atoms with Gasteiger partial charge in [0.2, 0.25) is 0 Å². The second-order valence-electron chi connectivity index (χ2n) is 3.95. The van der Waals surface area contributed by atoms with Crippen LogP contribution in [0.25, 0.3) is 0 Å². The van der Waals surface area contributed by atoms with Gasteiger partial charge in [0.1, 0.15) is 4.21 Å². The zero-order valence-corrected chi connectivity index (χ0v) is 12.1. The Balaban J connectivity index is 2.19. The van der Waals surface area contributed by atoms with Crippen LogP contribution in [0, 0.1) is 17.2 Å². The smallest absolute Gasteiger partial charge is 0.206 e. The molecule has 0 aromatic carbocycles. The normalized spacial score (nSPS) is 24.7. The first-order chi connectivity index (χ1) is 8.04. The molecule has 1 N–H and O–H groups in total. The first-order valence-electron chi connectivity index (χ1n) is 5.19. The molecule has 0 bridgehead atoms. The summed E-state index contributed by atoms with van der Waals surface area (Å²) < 4.78 is 27.7. The van der Waals surface area contributed by atoms with E-state index in [1.54, 1.807) is 11.4 Å². The Morgan fingerprint density at radius 3 is 2.88 bits per heavy atom. The first-order valence-corrected chi connectivity index (χ1v) is 8.35. The number of hydrogen-bond acceptors (Lipinski definition) is 4. The molecule has 2 unspecified atom stereocenters. The number of rotatable bonds is 3. The van der Waals surface area contributed by atoms with E-state index < -0.39 is 10.0 Å². The lowest BCUT2D eigenvalue weighted by atomic mass is 10.1. The molecular formula is C10H11BrN2O2S2. The third-order valence-corrected chi connectivity index (χ3v) is 6.98. The van der Waals surface area contributed by atoms with Gasteiger partial charge in [0.15, 0.2) is 0 Å². The summed E-state index contributed by atoms with van der Waals surface area (Å²) in [6, 6.07) is 3.61. The van der Waals surface area contributed by atoms with Crippen LogP contribution < -0.4 is 4.72 Å². The molecule has 2 atom stereocenters. The van der Waals surface area contributed by atoms with Gasteiger partial charge >= 0.3 is 0 Å². The molecule has 0 amide bonds. The van der Waals surface area contributed by atoms with Crippen LogP contribution in [0.1, 0.15) is 19.3 Å². The van der Waals surface area contributed by atoms with E-state index in [0.717, 1.165) is 19.3 Å². The number of thiophene rings is 1. The molecule has 1 aliphatic carbocycles. The minimum absolute atomic E-state index is 0.205. The zero-order valence-electron chi connectivity index (χ0n) is 8.89. The minimum atomic E-state index is -3.50. The molecule has 2 rings (SSSR count). The highest BCUT2D eigenvalue weighted by Crippen LogP contribution is 2.30. The van der Waals surface area contributed by atoms with Crippen molar-refractivity contribution in [1.82, 2.24) is 4.72 Å². The molecular weight excluding hydrogens is 324 g/mol. The van der Waals surface area contributed by atoms with Gasteiger partial charge in [-0.05, 0) is 40.2 Å². The Labute approximate surface area is 113 Å². The monoisotopic (exact) mass is 334 g/mol. The van der Waals surface area contributed by atoms with Crippen LogP contribution in [0.15, 0.2) is 20.1 Å². The van der Waals surface area contributed by atoms with E-state index in [2.05, 4.69) is 26.7 Å². The van der Waals surface area contributed by atoms with Gasteiger partial charge < -0.3 is 0 Å². The Bertz CT molecular complexity index is 547. The minimum Gasteiger partial charge on any atom is -0.206 e. The summed E-state index contributed by atoms with van der Waals surface area (Å²) in [6.45, 7) is 0. The SMILES string of the molecule is N#CC1CCCC1NS(=O)(=O)c1sccc1Br. The summed E-state index contributed by atoms with van der Waals surface area (Å²) in [4.78, 5) is 0. The first kappa shape index (κ1) is 13.0. The van der Waals surface area contributed by atoms with Crippen LogP contribution in [0.4, 0.5) is 0 Å². The standard InChI is InChI=1S/C10H11BrN2O2S2/c11-8-4-5-16-10(8)17(14,15)13-9-3-1-2-7(9)6-12/h4-5,7,9,13H,1-3H2. The quantitative estimate of drug-likeness (QED) is 0.923. The van der Waals surface area contributed by atoms with Crippen molar-refractivity contribution in [2.24, 2.45) is 5.92 Å². The largest absolute Gasteiger partial charge is 0.251 e. The molecule has 1 aromatic heterocycles. The summed E-state index contributed by atoms with van der Waals surface area (Å²) in [6.07, 6.45) is 2.41. The molecule has 1 heterocycles. The number of hydrogen-bond donors (Lipinski definition) is 1. The predicted octanol–water partition coefficient (Wildman–Crippen LogP) is 2.48. The van der Waals surface area contributed by atoms with Gasteiger partial charge in [-0.15, -0.1) is 11.3 Å². The van der Waals surface area contributed by atoms with E-state index in [1.807, 2.05) is 0 Å². The topological polar surface area (TPSA) is 70.0 Å². The lowest BCUT2D eigenvalue weighted by Crippen LogP contribution is -2.36. The second kappa shape index (κ2) is 5.06. The molecule has 92 valence electrons. The number of nitrogens with one attached hydrogen (secondary N) is 1. The van der Waals surface area contributed by atoms with E-state index in [1.165, 1.54) is 11.3 Å². The molecule has 7 heteroatoms. The molecule has 1 saturated carbocycles. The van der Waals surface area contributed by atoms with Crippen molar-refractivity contribution in [3.63, 3.8) is 0 Å². The fourth-order valence-electron chi connectivity index (χ4n) is 1.98. The third kappa shape index (κ3) is 2.71. The van der Waals surface area contributed by atoms with E-state index >= 15 is 0 Å². The van der Waals surface area contributed by atoms with Gasteiger partial charge in [0.05, 0.1) is 12.0 Å². The van der Waals surface area contributed by atoms with Crippen LogP contribution in [0.5, 0.6) is 0 Å². The van der Waals surface area contributed by atoms with Gasteiger partial charge in [-0.3, -0.25) is 0 Å². The lowest BCUT2D eigenvalue weighted by Gasteiger charge is -2.15. The lowest BCUT2D eigenvalue weighted by molar-refractivity contribution is 0.516. The number of halogens is 1. The average molecular weight is 335 g/mol. The van der Waals surface area contributed by atoms with E-state index in [4.69, 9.17) is 5.26 Å². The zero-order chi connectivity index (χ0) is 12.5. The summed E-state index contributed by atoms with van der Waals surface area (Å²) in [7, 11) is -3.50. The van der Waals surface area contributed by atoms with Crippen LogP contribution >= 0.6 is 27.3 Å². The van der Waals surface area contributed by atoms with E-state index in [-0.39, 0.29) is 16.2 Å². The van der Waals surface area contributed by atoms with Crippen molar-refractivity contribution < 1.29 is 8.42 Å². The summed E-state index contributed by atoms with van der Waals surface area (Å²) >= 11 is 4.38. The second-order valence-corrected chi connectivity index (χ2v) is 7.63. The molecule has 0 aliphatic heterocycles. The van der Waals surface area contributed by atoms with Crippen LogP contribution in [0.3, 0.4) is 0 Å². The Morgan fingerprint density at radius 1 is 1.53 bits per heavy atom. The molecule has 4 nitrogen and oxygen atoms in total. The Kier molecular flexibility index (Phi) is 3.88. The maximum absolute atomic E-state index is 12.1. The molecule has 0 radical (unpaired) electrons. The molecule has 0 spiro atoms. The van der Waals surface area contributed by atoms with Crippen molar-refractivity contribution in [2.45, 2.75) is 29.5 Å². The predicted molar refractivity (Wildman–Crippen MR) is 69.1 cm³/mol. The fraction of sp³-hybridized carbons (Fsp3) is 0.500. The van der Waals surface area contributed by atoms with Crippen molar-refractivity contribution in [3.8, 4) is 6.07 Å². The highest BCUT2D eigenvalue weighted by molar-refractivity contribution is 9.10. The van der Waals surface area contributed by atoms with Crippen LogP contribution in [0.2, 0.25) is 0 Å². The summed E-state index contributed by atoms with van der Waals surface area (Å²) in [5.74, 6) is -0.205. The summed E-state index contributed by atoms with van der Waals surface area (Å²) in [5.41, 5.74) is 0. The third-order valence-electron chi connectivity index (χ3n) is 2.82. The number of sulfonamides is 1. The maximum atomic E-state index is 12.1. The number of nitrogens with zero attached hydrogens (tertiary/aromatic N) is 1. The molecule has 1 fully saturated rings. The maximum Gasteiger partial charge on any atom is 0.251 e. The Morgan fingerprint density at radius 2 is 2.29 bits per heavy atom. The van der Waals surface area contributed by atoms with E-state index in [9.17, 15) is 8.42 Å².